The topological polar surface area (TPSA) is 68.6 Å². The van der Waals surface area contributed by atoms with Crippen molar-refractivity contribution in [1.82, 2.24) is 0 Å². The molecule has 0 aliphatic carbocycles. The van der Waals surface area contributed by atoms with Crippen LogP contribution >= 0.6 is 0 Å². The van der Waals surface area contributed by atoms with Crippen molar-refractivity contribution in [1.29, 1.82) is 5.26 Å². The lowest BCUT2D eigenvalue weighted by Gasteiger charge is -2.31. The summed E-state index contributed by atoms with van der Waals surface area (Å²) in [5, 5.41) is 8.95. The summed E-state index contributed by atoms with van der Waals surface area (Å²) in [7, 11) is -2.88. The number of nitrogens with zero attached hydrogens (tertiary/aromatic N) is 1. The summed E-state index contributed by atoms with van der Waals surface area (Å²) in [6.45, 7) is 13.0. The molecule has 0 radical (unpaired) electrons. The van der Waals surface area contributed by atoms with Crippen LogP contribution in [0.1, 0.15) is 121 Å². The van der Waals surface area contributed by atoms with Crippen molar-refractivity contribution in [3.8, 4) is 22.9 Å². The van der Waals surface area contributed by atoms with Gasteiger partial charge in [0.05, 0.1) is 24.8 Å². The van der Waals surface area contributed by atoms with E-state index in [9.17, 15) is 4.79 Å². The van der Waals surface area contributed by atoms with Crippen LogP contribution in [0, 0.1) is 11.3 Å². The number of esters is 1. The molecule has 7 heteroatoms. The normalized spacial score (nSPS) is 11.7. The average molecular weight is 680 g/mol. The number of nitriles is 1. The van der Waals surface area contributed by atoms with E-state index in [-0.39, 0.29) is 5.97 Å². The number of hydrogen-bond acceptors (Lipinski definition) is 5. The molecule has 0 atom stereocenters. The number of carbonyl (C=O) groups excluding carboxylic acids is 1. The van der Waals surface area contributed by atoms with Crippen LogP contribution in [0.3, 0.4) is 0 Å². The Morgan fingerprint density at radius 1 is 0.596 bits per heavy atom. The summed E-state index contributed by atoms with van der Waals surface area (Å²) in [6.07, 6.45) is 21.2. The minimum Gasteiger partial charge on any atom is -0.494 e. The van der Waals surface area contributed by atoms with Gasteiger partial charge in [-0.15, -0.1) is 0 Å². The smallest absolute Gasteiger partial charge is 0.305 e. The number of rotatable bonds is 27. The highest BCUT2D eigenvalue weighted by Gasteiger charge is 2.28. The van der Waals surface area contributed by atoms with Crippen molar-refractivity contribution in [3.05, 3.63) is 54.1 Å². The predicted molar refractivity (Wildman–Crippen MR) is 203 cm³/mol. The molecule has 0 spiro atoms. The zero-order chi connectivity index (χ0) is 34.2. The van der Waals surface area contributed by atoms with E-state index in [2.05, 4.69) is 50.9 Å². The Balaban J connectivity index is 1.30. The summed E-state index contributed by atoms with van der Waals surface area (Å²) < 4.78 is 17.8. The molecule has 47 heavy (non-hydrogen) atoms. The minimum atomic E-state index is -1.47. The van der Waals surface area contributed by atoms with Crippen molar-refractivity contribution >= 4 is 22.6 Å². The molecule has 262 valence electrons. The fourth-order valence-electron chi connectivity index (χ4n) is 6.13. The van der Waals surface area contributed by atoms with Crippen LogP contribution in [0.5, 0.6) is 5.75 Å². The summed E-state index contributed by atoms with van der Waals surface area (Å²) in [5.41, 5.74) is 2.91. The molecule has 2 aromatic rings. The molecule has 0 bridgehead atoms. The van der Waals surface area contributed by atoms with E-state index in [4.69, 9.17) is 18.9 Å². The van der Waals surface area contributed by atoms with Gasteiger partial charge in [-0.1, -0.05) is 114 Å². The van der Waals surface area contributed by atoms with Gasteiger partial charge in [0, 0.05) is 6.42 Å². The van der Waals surface area contributed by atoms with Crippen molar-refractivity contribution in [2.45, 2.75) is 154 Å². The van der Waals surface area contributed by atoms with E-state index >= 15 is 0 Å². The molecule has 0 aromatic heterocycles. The quantitative estimate of drug-likeness (QED) is 0.0534. The van der Waals surface area contributed by atoms with Crippen LogP contribution in [-0.2, 0) is 13.6 Å². The summed E-state index contributed by atoms with van der Waals surface area (Å²) in [4.78, 5) is 12.0. The fourth-order valence-corrected chi connectivity index (χ4v) is 14.3. The van der Waals surface area contributed by atoms with E-state index in [1.165, 1.54) is 83.1 Å². The van der Waals surface area contributed by atoms with E-state index in [0.717, 1.165) is 55.6 Å². The molecule has 2 aromatic carbocycles. The van der Waals surface area contributed by atoms with Crippen LogP contribution in [0.4, 0.5) is 0 Å². The lowest BCUT2D eigenvalue weighted by Crippen LogP contribution is -2.42. The highest BCUT2D eigenvalue weighted by Crippen LogP contribution is 2.24. The molecule has 0 aliphatic rings. The monoisotopic (exact) mass is 679 g/mol. The second-order valence-corrected chi connectivity index (χ2v) is 23.8. The lowest BCUT2D eigenvalue weighted by molar-refractivity contribution is -0.143. The minimum absolute atomic E-state index is 0.0126. The molecule has 0 saturated heterocycles. The van der Waals surface area contributed by atoms with Crippen molar-refractivity contribution in [3.63, 3.8) is 0 Å². The molecule has 0 saturated carbocycles. The first-order chi connectivity index (χ1) is 22.6. The van der Waals surface area contributed by atoms with Crippen molar-refractivity contribution in [2.24, 2.45) is 0 Å². The molecular formula is C40H65NO4Si2. The third-order valence-electron chi connectivity index (χ3n) is 8.51. The number of ether oxygens (including phenoxy) is 2. The second kappa shape index (κ2) is 23.8. The Kier molecular flexibility index (Phi) is 20.7. The molecular weight excluding hydrogens is 615 g/mol. The van der Waals surface area contributed by atoms with Crippen LogP contribution < -0.4 is 4.74 Å². The SMILES string of the molecule is C[Si](C)(C)O[Si](C)(C)CCCCCCCCCCC(=O)OCCCCCCCCCCCOc1ccc(-c2ccc(C#N)cc2)cc1. The molecule has 0 N–H and O–H groups in total. The maximum absolute atomic E-state index is 12.0. The third-order valence-corrected chi connectivity index (χ3v) is 14.7. The Hall–Kier alpha value is -2.41. The number of carbonyl (C=O) groups is 1. The number of benzene rings is 2. The molecule has 0 amide bonds. The molecule has 0 unspecified atom stereocenters. The molecule has 0 aliphatic heterocycles. The first kappa shape index (κ1) is 40.8. The van der Waals surface area contributed by atoms with Crippen LogP contribution in [0.15, 0.2) is 48.5 Å². The van der Waals surface area contributed by atoms with E-state index in [0.29, 0.717) is 18.6 Å². The lowest BCUT2D eigenvalue weighted by atomic mass is 10.0. The predicted octanol–water partition coefficient (Wildman–Crippen LogP) is 12.2. The summed E-state index contributed by atoms with van der Waals surface area (Å²) in [5.74, 6) is 0.895. The van der Waals surface area contributed by atoms with Gasteiger partial charge in [0.2, 0.25) is 0 Å². The van der Waals surface area contributed by atoms with E-state index < -0.39 is 16.6 Å². The van der Waals surface area contributed by atoms with Gasteiger partial charge in [-0.05, 0) is 93.4 Å². The third kappa shape index (κ3) is 21.2. The van der Waals surface area contributed by atoms with E-state index in [1.54, 1.807) is 0 Å². The van der Waals surface area contributed by atoms with Gasteiger partial charge in [-0.2, -0.15) is 5.26 Å². The van der Waals surface area contributed by atoms with Gasteiger partial charge in [-0.25, -0.2) is 0 Å². The standard InChI is InChI=1S/C40H65NO4Si2/c1-46(2,3)45-47(4,5)34-22-18-14-10-7-11-15-19-23-40(42)44-33-21-17-13-9-6-8-12-16-20-32-43-39-30-28-38(29-31-39)37-26-24-36(35-41)25-27-37/h24-31H,6-23,32-34H2,1-5H3. The van der Waals surface area contributed by atoms with Crippen LogP contribution in [-0.4, -0.2) is 35.8 Å². The first-order valence-electron chi connectivity index (χ1n) is 18.7. The molecule has 0 heterocycles. The Labute approximate surface area is 290 Å². The Morgan fingerprint density at radius 2 is 1.04 bits per heavy atom. The van der Waals surface area contributed by atoms with Gasteiger partial charge in [-0.3, -0.25) is 4.79 Å². The van der Waals surface area contributed by atoms with Gasteiger partial charge < -0.3 is 13.6 Å². The fraction of sp³-hybridized carbons (Fsp3) is 0.650. The van der Waals surface area contributed by atoms with E-state index in [1.807, 2.05) is 36.4 Å². The average Bonchev–Trinajstić information content (AvgIpc) is 3.03. The summed E-state index contributed by atoms with van der Waals surface area (Å²) in [6, 6.07) is 19.3. The largest absolute Gasteiger partial charge is 0.494 e. The highest BCUT2D eigenvalue weighted by molar-refractivity contribution is 6.84. The van der Waals surface area contributed by atoms with Gasteiger partial charge in [0.1, 0.15) is 5.75 Å². The Bertz CT molecular complexity index is 1140. The number of unbranched alkanes of at least 4 members (excludes halogenated alkanes) is 15. The van der Waals surface area contributed by atoms with Crippen molar-refractivity contribution < 1.29 is 18.4 Å². The maximum Gasteiger partial charge on any atom is 0.305 e. The zero-order valence-corrected chi connectivity index (χ0v) is 32.5. The van der Waals surface area contributed by atoms with Crippen molar-refractivity contribution in [2.75, 3.05) is 13.2 Å². The van der Waals surface area contributed by atoms with Gasteiger partial charge in [0.15, 0.2) is 16.6 Å². The molecule has 0 fully saturated rings. The van der Waals surface area contributed by atoms with Crippen LogP contribution in [0.25, 0.3) is 11.1 Å². The van der Waals surface area contributed by atoms with Gasteiger partial charge in [0.25, 0.3) is 0 Å². The molecule has 2 rings (SSSR count). The van der Waals surface area contributed by atoms with Gasteiger partial charge >= 0.3 is 5.97 Å². The Morgan fingerprint density at radius 3 is 1.55 bits per heavy atom. The van der Waals surface area contributed by atoms with Crippen LogP contribution in [0.2, 0.25) is 38.8 Å². The highest BCUT2D eigenvalue weighted by atomic mass is 28.4. The zero-order valence-electron chi connectivity index (χ0n) is 30.5. The number of hydrogen-bond donors (Lipinski definition) is 0. The second-order valence-electron chi connectivity index (χ2n) is 14.8. The maximum atomic E-state index is 12.0. The first-order valence-corrected chi connectivity index (χ1v) is 25.2. The summed E-state index contributed by atoms with van der Waals surface area (Å²) >= 11 is 0. The molecule has 5 nitrogen and oxygen atoms in total.